The van der Waals surface area contributed by atoms with Crippen LogP contribution >= 0.6 is 12.2 Å². The Hall–Kier alpha value is -1.09. The Labute approximate surface area is 148 Å². The van der Waals surface area contributed by atoms with Crippen molar-refractivity contribution in [3.8, 4) is 0 Å². The highest BCUT2D eigenvalue weighted by Gasteiger charge is 1.98. The first-order valence-electron chi connectivity index (χ1n) is 9.40. The number of aryl methyl sites for hydroxylation is 1. The first-order valence-corrected chi connectivity index (χ1v) is 9.81. The third-order valence-corrected chi connectivity index (χ3v) is 4.34. The number of nitrogens with one attached hydrogen (secondary N) is 2. The van der Waals surface area contributed by atoms with Crippen LogP contribution in [0, 0.1) is 0 Å². The van der Waals surface area contributed by atoms with Crippen LogP contribution < -0.4 is 10.6 Å². The quantitative estimate of drug-likeness (QED) is 0.358. The Morgan fingerprint density at radius 3 is 2.09 bits per heavy atom. The van der Waals surface area contributed by atoms with Gasteiger partial charge < -0.3 is 10.6 Å². The summed E-state index contributed by atoms with van der Waals surface area (Å²) in [4.78, 5) is 0. The number of thiocarbonyl (C=S) groups is 1. The molecule has 1 rings (SSSR count). The Kier molecular flexibility index (Phi) is 11.6. The van der Waals surface area contributed by atoms with E-state index in [0.29, 0.717) is 0 Å². The smallest absolute Gasteiger partial charge is 0.170 e. The van der Waals surface area contributed by atoms with Crippen molar-refractivity contribution in [1.29, 1.82) is 0 Å². The van der Waals surface area contributed by atoms with Gasteiger partial charge in [0.1, 0.15) is 0 Å². The fourth-order valence-corrected chi connectivity index (χ4v) is 2.81. The minimum absolute atomic E-state index is 0.734. The minimum atomic E-state index is 0.734. The fourth-order valence-electron chi connectivity index (χ4n) is 2.59. The third kappa shape index (κ3) is 10.3. The predicted molar refractivity (Wildman–Crippen MR) is 107 cm³/mol. The highest BCUT2D eigenvalue weighted by atomic mass is 32.1. The molecule has 0 aliphatic carbocycles. The Morgan fingerprint density at radius 1 is 0.826 bits per heavy atom. The molecule has 23 heavy (non-hydrogen) atoms. The molecule has 0 saturated heterocycles. The lowest BCUT2D eigenvalue weighted by Crippen LogP contribution is -2.29. The Bertz CT molecular complexity index is 414. The van der Waals surface area contributed by atoms with Gasteiger partial charge in [-0.25, -0.2) is 0 Å². The summed E-state index contributed by atoms with van der Waals surface area (Å²) in [5.74, 6) is 0. The van der Waals surface area contributed by atoms with Gasteiger partial charge in [-0.05, 0) is 49.2 Å². The molecule has 130 valence electrons. The molecule has 0 aromatic heterocycles. The number of unbranched alkanes of at least 4 members (excludes halogenated alkanes) is 7. The van der Waals surface area contributed by atoms with Gasteiger partial charge in [0.2, 0.25) is 0 Å². The summed E-state index contributed by atoms with van der Waals surface area (Å²) in [6.07, 6.45) is 13.0. The van der Waals surface area contributed by atoms with Gasteiger partial charge in [-0.1, -0.05) is 70.9 Å². The van der Waals surface area contributed by atoms with Crippen LogP contribution in [0.4, 0.5) is 5.69 Å². The van der Waals surface area contributed by atoms with Crippen molar-refractivity contribution >= 4 is 23.0 Å². The largest absolute Gasteiger partial charge is 0.362 e. The standard InChI is InChI=1S/C20H34N2S/c1-3-5-7-8-9-10-11-17-21-20(23)22-19-15-13-18(14-16-19)12-6-4-2/h13-16H,3-12,17H2,1-2H3,(H2,21,22,23). The molecule has 0 heterocycles. The number of rotatable bonds is 12. The van der Waals surface area contributed by atoms with Crippen molar-refractivity contribution in [3.63, 3.8) is 0 Å². The molecule has 0 fully saturated rings. The van der Waals surface area contributed by atoms with E-state index in [1.165, 1.54) is 63.4 Å². The molecule has 0 aliphatic rings. The van der Waals surface area contributed by atoms with Gasteiger partial charge in [0, 0.05) is 12.2 Å². The van der Waals surface area contributed by atoms with E-state index in [2.05, 4.69) is 48.7 Å². The number of hydrogen-bond acceptors (Lipinski definition) is 1. The average molecular weight is 335 g/mol. The summed E-state index contributed by atoms with van der Waals surface area (Å²) >= 11 is 5.35. The van der Waals surface area contributed by atoms with E-state index in [1.54, 1.807) is 0 Å². The lowest BCUT2D eigenvalue weighted by Gasteiger charge is -2.11. The number of hydrogen-bond donors (Lipinski definition) is 2. The van der Waals surface area contributed by atoms with Crippen LogP contribution in [0.2, 0.25) is 0 Å². The highest BCUT2D eigenvalue weighted by Crippen LogP contribution is 2.12. The average Bonchev–Trinajstić information content (AvgIpc) is 2.56. The molecule has 1 aromatic carbocycles. The summed E-state index contributed by atoms with van der Waals surface area (Å²) in [5.41, 5.74) is 2.47. The van der Waals surface area contributed by atoms with Crippen LogP contribution in [0.25, 0.3) is 0 Å². The van der Waals surface area contributed by atoms with E-state index >= 15 is 0 Å². The topological polar surface area (TPSA) is 24.1 Å². The number of anilines is 1. The molecule has 0 saturated carbocycles. The van der Waals surface area contributed by atoms with Crippen LogP contribution in [0.3, 0.4) is 0 Å². The fraction of sp³-hybridized carbons (Fsp3) is 0.650. The maximum Gasteiger partial charge on any atom is 0.170 e. The summed E-state index contributed by atoms with van der Waals surface area (Å²) in [6.45, 7) is 5.45. The molecule has 0 bridgehead atoms. The molecule has 3 heteroatoms. The highest BCUT2D eigenvalue weighted by molar-refractivity contribution is 7.80. The second-order valence-electron chi connectivity index (χ2n) is 6.30. The molecular formula is C20H34N2S. The van der Waals surface area contributed by atoms with Gasteiger partial charge in [-0.2, -0.15) is 0 Å². The summed E-state index contributed by atoms with van der Waals surface area (Å²) in [5, 5.41) is 7.30. The lowest BCUT2D eigenvalue weighted by atomic mass is 10.1. The molecule has 0 radical (unpaired) electrons. The summed E-state index contributed by atoms with van der Waals surface area (Å²) in [7, 11) is 0. The zero-order chi connectivity index (χ0) is 16.8. The molecule has 0 spiro atoms. The normalized spacial score (nSPS) is 10.5. The zero-order valence-electron chi connectivity index (χ0n) is 15.0. The first-order chi connectivity index (χ1) is 11.3. The zero-order valence-corrected chi connectivity index (χ0v) is 15.8. The first kappa shape index (κ1) is 20.0. The van der Waals surface area contributed by atoms with Gasteiger partial charge in [0.25, 0.3) is 0 Å². The Morgan fingerprint density at radius 2 is 1.43 bits per heavy atom. The van der Waals surface area contributed by atoms with Crippen LogP contribution in [-0.2, 0) is 6.42 Å². The van der Waals surface area contributed by atoms with Gasteiger partial charge in [0.15, 0.2) is 5.11 Å². The summed E-state index contributed by atoms with van der Waals surface area (Å²) in [6, 6.07) is 8.62. The second kappa shape index (κ2) is 13.4. The summed E-state index contributed by atoms with van der Waals surface area (Å²) < 4.78 is 0. The molecule has 0 unspecified atom stereocenters. The third-order valence-electron chi connectivity index (χ3n) is 4.10. The van der Waals surface area contributed by atoms with Crippen molar-refractivity contribution in [2.75, 3.05) is 11.9 Å². The lowest BCUT2D eigenvalue weighted by molar-refractivity contribution is 0.586. The SMILES string of the molecule is CCCCCCCCCNC(=S)Nc1ccc(CCCC)cc1. The maximum atomic E-state index is 5.35. The minimum Gasteiger partial charge on any atom is -0.362 e. The van der Waals surface area contributed by atoms with E-state index in [0.717, 1.165) is 23.8 Å². The van der Waals surface area contributed by atoms with E-state index < -0.39 is 0 Å². The maximum absolute atomic E-state index is 5.35. The predicted octanol–water partition coefficient (Wildman–Crippen LogP) is 6.07. The van der Waals surface area contributed by atoms with Gasteiger partial charge >= 0.3 is 0 Å². The molecular weight excluding hydrogens is 300 g/mol. The molecule has 0 amide bonds. The number of benzene rings is 1. The van der Waals surface area contributed by atoms with Crippen LogP contribution in [0.15, 0.2) is 24.3 Å². The van der Waals surface area contributed by atoms with E-state index in [1.807, 2.05) is 0 Å². The van der Waals surface area contributed by atoms with Crippen LogP contribution in [-0.4, -0.2) is 11.7 Å². The van der Waals surface area contributed by atoms with Crippen molar-refractivity contribution in [1.82, 2.24) is 5.32 Å². The van der Waals surface area contributed by atoms with Crippen molar-refractivity contribution < 1.29 is 0 Å². The molecule has 0 atom stereocenters. The Balaban J connectivity index is 2.09. The van der Waals surface area contributed by atoms with Gasteiger partial charge in [0.05, 0.1) is 0 Å². The van der Waals surface area contributed by atoms with Gasteiger partial charge in [-0.15, -0.1) is 0 Å². The van der Waals surface area contributed by atoms with Crippen LogP contribution in [0.5, 0.6) is 0 Å². The van der Waals surface area contributed by atoms with Crippen molar-refractivity contribution in [2.45, 2.75) is 78.1 Å². The van der Waals surface area contributed by atoms with Gasteiger partial charge in [-0.3, -0.25) is 0 Å². The van der Waals surface area contributed by atoms with E-state index in [4.69, 9.17) is 12.2 Å². The van der Waals surface area contributed by atoms with Crippen LogP contribution in [0.1, 0.15) is 77.2 Å². The van der Waals surface area contributed by atoms with Crippen molar-refractivity contribution in [3.05, 3.63) is 29.8 Å². The van der Waals surface area contributed by atoms with Crippen molar-refractivity contribution in [2.24, 2.45) is 0 Å². The second-order valence-corrected chi connectivity index (χ2v) is 6.71. The molecule has 0 aliphatic heterocycles. The van der Waals surface area contributed by atoms with E-state index in [-0.39, 0.29) is 0 Å². The van der Waals surface area contributed by atoms with E-state index in [9.17, 15) is 0 Å². The molecule has 2 N–H and O–H groups in total. The molecule has 1 aromatic rings. The monoisotopic (exact) mass is 334 g/mol. The molecule has 2 nitrogen and oxygen atoms in total.